The number of amides is 1. The summed E-state index contributed by atoms with van der Waals surface area (Å²) in [6.07, 6.45) is 0. The van der Waals surface area contributed by atoms with Gasteiger partial charge in [0.25, 0.3) is 5.91 Å². The van der Waals surface area contributed by atoms with Crippen LogP contribution in [-0.2, 0) is 0 Å². The van der Waals surface area contributed by atoms with Gasteiger partial charge in [-0.15, -0.1) is 0 Å². The van der Waals surface area contributed by atoms with Crippen molar-refractivity contribution in [1.82, 2.24) is 5.43 Å². The van der Waals surface area contributed by atoms with E-state index in [1.165, 1.54) is 0 Å². The van der Waals surface area contributed by atoms with Crippen LogP contribution in [0.2, 0.25) is 5.02 Å². The highest BCUT2D eigenvalue weighted by Crippen LogP contribution is 2.10. The second-order valence-electron chi connectivity index (χ2n) is 4.79. The number of halogens is 1. The van der Waals surface area contributed by atoms with Crippen LogP contribution in [0.15, 0.2) is 29.4 Å². The second kappa shape index (κ2) is 6.55. The quantitative estimate of drug-likeness (QED) is 0.655. The largest absolute Gasteiger partial charge is 0.271 e. The van der Waals surface area contributed by atoms with Gasteiger partial charge in [-0.2, -0.15) is 5.10 Å². The Morgan fingerprint density at radius 1 is 1.11 bits per heavy atom. The zero-order valence-electron chi connectivity index (χ0n) is 11.2. The monoisotopic (exact) mass is 266 g/mol. The molecule has 0 heterocycles. The number of carbonyl (C=O) groups excluding carboxylic acids is 1. The number of nitrogens with zero attached hydrogens (tertiary/aromatic N) is 1. The van der Waals surface area contributed by atoms with Crippen LogP contribution in [0.5, 0.6) is 0 Å². The third-order valence-corrected chi connectivity index (χ3v) is 2.83. The Bertz CT molecular complexity index is 426. The zero-order valence-corrected chi connectivity index (χ0v) is 12.0. The van der Waals surface area contributed by atoms with E-state index in [2.05, 4.69) is 38.2 Å². The Labute approximate surface area is 113 Å². The molecule has 1 aromatic rings. The van der Waals surface area contributed by atoms with Crippen LogP contribution in [0.1, 0.15) is 38.1 Å². The van der Waals surface area contributed by atoms with Crippen molar-refractivity contribution in [2.45, 2.75) is 27.7 Å². The number of hydrazone groups is 1. The van der Waals surface area contributed by atoms with Crippen molar-refractivity contribution in [3.8, 4) is 0 Å². The van der Waals surface area contributed by atoms with E-state index in [1.54, 1.807) is 24.3 Å². The minimum atomic E-state index is -0.217. The first-order chi connectivity index (χ1) is 8.41. The highest BCUT2D eigenvalue weighted by atomic mass is 35.5. The van der Waals surface area contributed by atoms with Gasteiger partial charge in [-0.05, 0) is 36.1 Å². The summed E-state index contributed by atoms with van der Waals surface area (Å²) < 4.78 is 0. The molecule has 0 aliphatic rings. The number of rotatable bonds is 4. The molecule has 3 nitrogen and oxygen atoms in total. The molecule has 1 amide bonds. The van der Waals surface area contributed by atoms with E-state index < -0.39 is 0 Å². The van der Waals surface area contributed by atoms with Gasteiger partial charge in [-0.25, -0.2) is 5.43 Å². The van der Waals surface area contributed by atoms with E-state index in [0.717, 1.165) is 5.71 Å². The lowest BCUT2D eigenvalue weighted by Crippen LogP contribution is -2.24. The van der Waals surface area contributed by atoms with Gasteiger partial charge in [0.1, 0.15) is 0 Å². The van der Waals surface area contributed by atoms with Gasteiger partial charge in [0.2, 0.25) is 0 Å². The number of hydrogen-bond donors (Lipinski definition) is 1. The van der Waals surface area contributed by atoms with Crippen molar-refractivity contribution < 1.29 is 4.79 Å². The zero-order chi connectivity index (χ0) is 13.7. The molecule has 98 valence electrons. The molecule has 0 radical (unpaired) electrons. The molecule has 0 atom stereocenters. The molecule has 18 heavy (non-hydrogen) atoms. The van der Waals surface area contributed by atoms with E-state index in [0.29, 0.717) is 22.4 Å². The molecule has 0 unspecified atom stereocenters. The first kappa shape index (κ1) is 14.7. The summed E-state index contributed by atoms with van der Waals surface area (Å²) >= 11 is 5.77. The summed E-state index contributed by atoms with van der Waals surface area (Å²) in [7, 11) is 0. The molecule has 1 N–H and O–H groups in total. The van der Waals surface area contributed by atoms with Gasteiger partial charge in [0.05, 0.1) is 0 Å². The lowest BCUT2D eigenvalue weighted by Gasteiger charge is -2.13. The third kappa shape index (κ3) is 4.15. The molecule has 0 bridgehead atoms. The summed E-state index contributed by atoms with van der Waals surface area (Å²) in [5, 5.41) is 4.82. The van der Waals surface area contributed by atoms with Crippen LogP contribution in [0.4, 0.5) is 0 Å². The van der Waals surface area contributed by atoms with Gasteiger partial charge in [0.15, 0.2) is 0 Å². The highest BCUT2D eigenvalue weighted by molar-refractivity contribution is 6.30. The Kier molecular flexibility index (Phi) is 5.35. The van der Waals surface area contributed by atoms with Crippen molar-refractivity contribution in [2.24, 2.45) is 16.9 Å². The molecule has 0 fully saturated rings. The predicted molar refractivity (Wildman–Crippen MR) is 76.0 cm³/mol. The minimum Gasteiger partial charge on any atom is -0.267 e. The van der Waals surface area contributed by atoms with Gasteiger partial charge in [-0.1, -0.05) is 39.3 Å². The highest BCUT2D eigenvalue weighted by Gasteiger charge is 2.11. The van der Waals surface area contributed by atoms with Crippen LogP contribution >= 0.6 is 11.6 Å². The topological polar surface area (TPSA) is 41.5 Å². The fourth-order valence-electron chi connectivity index (χ4n) is 1.71. The van der Waals surface area contributed by atoms with Crippen LogP contribution in [0.3, 0.4) is 0 Å². The molecule has 0 saturated carbocycles. The molecule has 0 aromatic heterocycles. The molecular formula is C14H19ClN2O. The summed E-state index contributed by atoms with van der Waals surface area (Å²) in [6.45, 7) is 8.25. The summed E-state index contributed by atoms with van der Waals surface area (Å²) in [5.41, 5.74) is 4.12. The smallest absolute Gasteiger partial charge is 0.267 e. The molecule has 0 spiro atoms. The van der Waals surface area contributed by atoms with Crippen LogP contribution in [-0.4, -0.2) is 11.6 Å². The fraction of sp³-hybridized carbons (Fsp3) is 0.429. The minimum absolute atomic E-state index is 0.217. The lowest BCUT2D eigenvalue weighted by molar-refractivity contribution is 0.0954. The van der Waals surface area contributed by atoms with Gasteiger partial charge in [0, 0.05) is 16.3 Å². The average Bonchev–Trinajstić information content (AvgIpc) is 2.28. The van der Waals surface area contributed by atoms with Crippen LogP contribution in [0.25, 0.3) is 0 Å². The van der Waals surface area contributed by atoms with E-state index >= 15 is 0 Å². The van der Waals surface area contributed by atoms with Gasteiger partial charge in [-0.3, -0.25) is 4.79 Å². The predicted octanol–water partition coefficient (Wildman–Crippen LogP) is 3.74. The number of benzene rings is 1. The number of hydrogen-bond acceptors (Lipinski definition) is 2. The first-order valence-electron chi connectivity index (χ1n) is 6.05. The van der Waals surface area contributed by atoms with Crippen molar-refractivity contribution in [3.63, 3.8) is 0 Å². The van der Waals surface area contributed by atoms with Crippen LogP contribution < -0.4 is 5.43 Å². The maximum absolute atomic E-state index is 11.8. The SMILES string of the molecule is CC(C)C(=NNC(=O)c1ccc(Cl)cc1)C(C)C. The molecule has 0 aliphatic heterocycles. The van der Waals surface area contributed by atoms with Crippen LogP contribution in [0, 0.1) is 11.8 Å². The summed E-state index contributed by atoms with van der Waals surface area (Å²) in [6, 6.07) is 6.73. The number of nitrogens with one attached hydrogen (secondary N) is 1. The Balaban J connectivity index is 2.76. The van der Waals surface area contributed by atoms with Crippen molar-refractivity contribution in [3.05, 3.63) is 34.9 Å². The third-order valence-electron chi connectivity index (χ3n) is 2.58. The molecule has 0 saturated heterocycles. The second-order valence-corrected chi connectivity index (χ2v) is 5.23. The van der Waals surface area contributed by atoms with E-state index in [9.17, 15) is 4.79 Å². The normalized spacial score (nSPS) is 10.6. The molecule has 4 heteroatoms. The molecule has 1 aromatic carbocycles. The van der Waals surface area contributed by atoms with E-state index in [1.807, 2.05) is 0 Å². The van der Waals surface area contributed by atoms with Crippen molar-refractivity contribution in [2.75, 3.05) is 0 Å². The summed E-state index contributed by atoms with van der Waals surface area (Å²) in [4.78, 5) is 11.8. The molecular weight excluding hydrogens is 248 g/mol. The molecule has 1 rings (SSSR count). The standard InChI is InChI=1S/C14H19ClN2O/c1-9(2)13(10(3)4)16-17-14(18)11-5-7-12(15)8-6-11/h5-10H,1-4H3,(H,17,18). The maximum Gasteiger partial charge on any atom is 0.271 e. The number of carbonyl (C=O) groups is 1. The maximum atomic E-state index is 11.8. The molecule has 0 aliphatic carbocycles. The average molecular weight is 267 g/mol. The van der Waals surface area contributed by atoms with E-state index in [-0.39, 0.29) is 5.91 Å². The first-order valence-corrected chi connectivity index (χ1v) is 6.43. The summed E-state index contributed by atoms with van der Waals surface area (Å²) in [5.74, 6) is 0.413. The van der Waals surface area contributed by atoms with Crippen molar-refractivity contribution >= 4 is 23.2 Å². The van der Waals surface area contributed by atoms with Crippen molar-refractivity contribution in [1.29, 1.82) is 0 Å². The Morgan fingerprint density at radius 2 is 1.61 bits per heavy atom. The van der Waals surface area contributed by atoms with Gasteiger partial charge < -0.3 is 0 Å². The fourth-order valence-corrected chi connectivity index (χ4v) is 1.83. The lowest BCUT2D eigenvalue weighted by atomic mass is 9.98. The van der Waals surface area contributed by atoms with Gasteiger partial charge >= 0.3 is 0 Å². The van der Waals surface area contributed by atoms with E-state index in [4.69, 9.17) is 11.6 Å². The Hall–Kier alpha value is -1.35. The Morgan fingerprint density at radius 3 is 2.06 bits per heavy atom.